The molecule has 1 aromatic carbocycles. The summed E-state index contributed by atoms with van der Waals surface area (Å²) in [6.45, 7) is 3.59. The highest BCUT2D eigenvalue weighted by Crippen LogP contribution is 2.36. The number of benzene rings is 1. The molecule has 0 saturated heterocycles. The predicted octanol–water partition coefficient (Wildman–Crippen LogP) is 3.63. The number of ether oxygens (including phenoxy) is 1. The van der Waals surface area contributed by atoms with Gasteiger partial charge in [-0.1, -0.05) is 19.1 Å². The molecule has 8 heteroatoms. The van der Waals surface area contributed by atoms with E-state index in [1.54, 1.807) is 31.1 Å². The number of anilines is 1. The van der Waals surface area contributed by atoms with Gasteiger partial charge in [-0.05, 0) is 17.7 Å². The van der Waals surface area contributed by atoms with Crippen LogP contribution in [-0.2, 0) is 13.0 Å². The number of aromatic nitrogens is 5. The van der Waals surface area contributed by atoms with Crippen molar-refractivity contribution in [2.24, 2.45) is 0 Å². The first-order chi connectivity index (χ1) is 13.3. The summed E-state index contributed by atoms with van der Waals surface area (Å²) in [5.41, 5.74) is 2.24. The van der Waals surface area contributed by atoms with Gasteiger partial charge < -0.3 is 14.6 Å². The summed E-state index contributed by atoms with van der Waals surface area (Å²) < 4.78 is 7.32. The Morgan fingerprint density at radius 2 is 2.04 bits per heavy atom. The fraction of sp³-hybridized carbons (Fsp3) is 0.263. The molecule has 0 radical (unpaired) electrons. The summed E-state index contributed by atoms with van der Waals surface area (Å²) in [6.07, 6.45) is 4.24. The van der Waals surface area contributed by atoms with Gasteiger partial charge in [0, 0.05) is 30.5 Å². The Bertz CT molecular complexity index is 1040. The van der Waals surface area contributed by atoms with Gasteiger partial charge in [-0.3, -0.25) is 0 Å². The average Bonchev–Trinajstić information content (AvgIpc) is 3.35. The van der Waals surface area contributed by atoms with Crippen LogP contribution in [0.5, 0.6) is 5.75 Å². The number of fused-ring (bicyclic) bond motifs is 1. The lowest BCUT2D eigenvalue weighted by molar-refractivity contribution is 0.415. The van der Waals surface area contributed by atoms with Crippen molar-refractivity contribution >= 4 is 27.4 Å². The topological polar surface area (TPSA) is 77.8 Å². The molecule has 0 unspecified atom stereocenters. The quantitative estimate of drug-likeness (QED) is 0.527. The third-order valence-corrected chi connectivity index (χ3v) is 5.31. The lowest BCUT2D eigenvalue weighted by atomic mass is 10.1. The van der Waals surface area contributed by atoms with Crippen molar-refractivity contribution < 1.29 is 4.74 Å². The van der Waals surface area contributed by atoms with Gasteiger partial charge in [0.15, 0.2) is 0 Å². The Labute approximate surface area is 161 Å². The number of nitrogens with zero attached hydrogens (tertiary/aromatic N) is 5. The fourth-order valence-corrected chi connectivity index (χ4v) is 3.94. The van der Waals surface area contributed by atoms with Crippen LogP contribution in [0.4, 0.5) is 5.82 Å². The zero-order valence-corrected chi connectivity index (χ0v) is 16.0. The molecular formula is C19H20N6OS. The van der Waals surface area contributed by atoms with Crippen molar-refractivity contribution in [1.82, 2.24) is 24.7 Å². The average molecular weight is 380 g/mol. The standard InChI is InChI=1S/C19H20N6OS/c1-3-16-24-23-12-25(16)9-8-20-18-17-15(10-27-19(17)22-11-21-18)13-4-6-14(26-2)7-5-13/h4-7,10-12H,3,8-9H2,1-2H3,(H,20,21,22). The zero-order chi connectivity index (χ0) is 18.6. The van der Waals surface area contributed by atoms with Crippen molar-refractivity contribution in [2.45, 2.75) is 19.9 Å². The molecule has 4 aromatic rings. The van der Waals surface area contributed by atoms with Gasteiger partial charge >= 0.3 is 0 Å². The van der Waals surface area contributed by atoms with E-state index in [4.69, 9.17) is 4.74 Å². The summed E-state index contributed by atoms with van der Waals surface area (Å²) in [4.78, 5) is 9.87. The molecule has 0 aliphatic rings. The van der Waals surface area contributed by atoms with Gasteiger partial charge in [-0.15, -0.1) is 21.5 Å². The Morgan fingerprint density at radius 3 is 2.81 bits per heavy atom. The predicted molar refractivity (Wildman–Crippen MR) is 107 cm³/mol. The SMILES string of the molecule is CCc1nncn1CCNc1ncnc2scc(-c3ccc(OC)cc3)c12. The van der Waals surface area contributed by atoms with Gasteiger partial charge in [0.05, 0.1) is 12.5 Å². The molecule has 4 rings (SSSR count). The van der Waals surface area contributed by atoms with Crippen molar-refractivity contribution in [3.63, 3.8) is 0 Å². The molecule has 0 aliphatic carbocycles. The van der Waals surface area contributed by atoms with Gasteiger partial charge in [0.2, 0.25) is 0 Å². The molecule has 0 atom stereocenters. The number of aryl methyl sites for hydroxylation is 1. The van der Waals surface area contributed by atoms with E-state index in [0.29, 0.717) is 0 Å². The van der Waals surface area contributed by atoms with E-state index >= 15 is 0 Å². The molecule has 0 fully saturated rings. The molecular weight excluding hydrogens is 360 g/mol. The van der Waals surface area contributed by atoms with Crippen LogP contribution in [0.1, 0.15) is 12.7 Å². The van der Waals surface area contributed by atoms with Crippen LogP contribution in [0.15, 0.2) is 42.3 Å². The highest BCUT2D eigenvalue weighted by molar-refractivity contribution is 7.17. The molecule has 3 heterocycles. The van der Waals surface area contributed by atoms with Crippen LogP contribution in [0.2, 0.25) is 0 Å². The first-order valence-electron chi connectivity index (χ1n) is 8.77. The molecule has 138 valence electrons. The monoisotopic (exact) mass is 380 g/mol. The van der Waals surface area contributed by atoms with Crippen LogP contribution in [-0.4, -0.2) is 38.4 Å². The second-order valence-electron chi connectivity index (χ2n) is 6.00. The van der Waals surface area contributed by atoms with E-state index in [1.165, 1.54) is 0 Å². The lowest BCUT2D eigenvalue weighted by Crippen LogP contribution is -2.13. The van der Waals surface area contributed by atoms with E-state index in [2.05, 4.69) is 54.5 Å². The summed E-state index contributed by atoms with van der Waals surface area (Å²) in [6, 6.07) is 8.05. The van der Waals surface area contributed by atoms with Crippen LogP contribution >= 0.6 is 11.3 Å². The van der Waals surface area contributed by atoms with Crippen LogP contribution in [0, 0.1) is 0 Å². The Hall–Kier alpha value is -3.00. The summed E-state index contributed by atoms with van der Waals surface area (Å²) in [5, 5.41) is 14.7. The van der Waals surface area contributed by atoms with Gasteiger partial charge in [-0.25, -0.2) is 9.97 Å². The molecule has 7 nitrogen and oxygen atoms in total. The van der Waals surface area contributed by atoms with Crippen molar-refractivity contribution in [3.8, 4) is 16.9 Å². The minimum absolute atomic E-state index is 0.731. The van der Waals surface area contributed by atoms with E-state index in [0.717, 1.165) is 58.2 Å². The summed E-state index contributed by atoms with van der Waals surface area (Å²) >= 11 is 1.62. The zero-order valence-electron chi connectivity index (χ0n) is 15.2. The Balaban J connectivity index is 1.60. The van der Waals surface area contributed by atoms with Crippen LogP contribution in [0.3, 0.4) is 0 Å². The van der Waals surface area contributed by atoms with Gasteiger partial charge in [0.1, 0.15) is 34.9 Å². The van der Waals surface area contributed by atoms with Gasteiger partial charge in [-0.2, -0.15) is 0 Å². The molecule has 0 spiro atoms. The van der Waals surface area contributed by atoms with E-state index in [9.17, 15) is 0 Å². The van der Waals surface area contributed by atoms with E-state index in [1.807, 2.05) is 12.1 Å². The smallest absolute Gasteiger partial charge is 0.138 e. The Kier molecular flexibility index (Phi) is 4.97. The highest BCUT2D eigenvalue weighted by atomic mass is 32.1. The number of thiophene rings is 1. The van der Waals surface area contributed by atoms with E-state index in [-0.39, 0.29) is 0 Å². The maximum atomic E-state index is 5.26. The second-order valence-corrected chi connectivity index (χ2v) is 6.86. The minimum atomic E-state index is 0.731. The third kappa shape index (κ3) is 3.48. The summed E-state index contributed by atoms with van der Waals surface area (Å²) in [5.74, 6) is 2.67. The van der Waals surface area contributed by atoms with Gasteiger partial charge in [0.25, 0.3) is 0 Å². The van der Waals surface area contributed by atoms with Crippen LogP contribution in [0.25, 0.3) is 21.3 Å². The molecule has 0 amide bonds. The number of hydrogen-bond acceptors (Lipinski definition) is 7. The van der Waals surface area contributed by atoms with Crippen LogP contribution < -0.4 is 10.1 Å². The number of rotatable bonds is 7. The molecule has 27 heavy (non-hydrogen) atoms. The Morgan fingerprint density at radius 1 is 1.19 bits per heavy atom. The molecule has 1 N–H and O–H groups in total. The number of hydrogen-bond donors (Lipinski definition) is 1. The molecule has 0 aliphatic heterocycles. The fourth-order valence-electron chi connectivity index (χ4n) is 3.03. The first-order valence-corrected chi connectivity index (χ1v) is 9.65. The largest absolute Gasteiger partial charge is 0.497 e. The first kappa shape index (κ1) is 17.4. The van der Waals surface area contributed by atoms with Crippen molar-refractivity contribution in [2.75, 3.05) is 19.0 Å². The van der Waals surface area contributed by atoms with Crippen molar-refractivity contribution in [3.05, 3.63) is 48.1 Å². The second kappa shape index (κ2) is 7.71. The normalized spacial score (nSPS) is 11.0. The lowest BCUT2D eigenvalue weighted by Gasteiger charge is -2.10. The molecule has 3 aromatic heterocycles. The third-order valence-electron chi connectivity index (χ3n) is 4.43. The number of nitrogens with one attached hydrogen (secondary N) is 1. The highest BCUT2D eigenvalue weighted by Gasteiger charge is 2.13. The number of methoxy groups -OCH3 is 1. The molecule has 0 saturated carbocycles. The minimum Gasteiger partial charge on any atom is -0.497 e. The van der Waals surface area contributed by atoms with E-state index < -0.39 is 0 Å². The van der Waals surface area contributed by atoms with Crippen molar-refractivity contribution in [1.29, 1.82) is 0 Å². The maximum absolute atomic E-state index is 5.26. The summed E-state index contributed by atoms with van der Waals surface area (Å²) in [7, 11) is 1.67. The maximum Gasteiger partial charge on any atom is 0.138 e. The molecule has 0 bridgehead atoms.